The number of benzene rings is 2. The number of nitrogens with two attached hydrogens (primary N) is 1. The number of nitrogen functional groups attached to an aromatic ring is 1. The van der Waals surface area contributed by atoms with E-state index in [0.29, 0.717) is 21.7 Å². The summed E-state index contributed by atoms with van der Waals surface area (Å²) in [5.74, 6) is -0.968. The van der Waals surface area contributed by atoms with Gasteiger partial charge in [-0.3, -0.25) is 4.79 Å². The normalized spacial score (nSPS) is 10.8. The second-order valence-corrected chi connectivity index (χ2v) is 5.02. The SMILES string of the molecule is Nc1ccc2c(C(=O)Nc3cc(Cl)ccc3F)c[nH]c2c1. The van der Waals surface area contributed by atoms with Crippen LogP contribution in [0, 0.1) is 5.82 Å². The highest BCUT2D eigenvalue weighted by Crippen LogP contribution is 2.24. The number of anilines is 2. The van der Waals surface area contributed by atoms with Gasteiger partial charge in [-0.15, -0.1) is 0 Å². The first kappa shape index (κ1) is 13.5. The monoisotopic (exact) mass is 303 g/mol. The lowest BCUT2D eigenvalue weighted by molar-refractivity contribution is 0.102. The first-order valence-electron chi connectivity index (χ1n) is 6.17. The van der Waals surface area contributed by atoms with Gasteiger partial charge in [0.15, 0.2) is 0 Å². The fraction of sp³-hybridized carbons (Fsp3) is 0. The number of halogens is 2. The summed E-state index contributed by atoms with van der Waals surface area (Å²) in [6.45, 7) is 0. The molecule has 4 N–H and O–H groups in total. The summed E-state index contributed by atoms with van der Waals surface area (Å²) >= 11 is 5.80. The van der Waals surface area contributed by atoms with Crippen molar-refractivity contribution in [3.63, 3.8) is 0 Å². The summed E-state index contributed by atoms with van der Waals surface area (Å²) in [5.41, 5.74) is 7.47. The third kappa shape index (κ3) is 2.55. The quantitative estimate of drug-likeness (QED) is 0.630. The number of hydrogen-bond acceptors (Lipinski definition) is 2. The molecule has 1 aromatic heterocycles. The molecule has 0 atom stereocenters. The maximum atomic E-state index is 13.6. The summed E-state index contributed by atoms with van der Waals surface area (Å²) in [7, 11) is 0. The molecular formula is C15H11ClFN3O. The van der Waals surface area contributed by atoms with Gasteiger partial charge in [0.05, 0.1) is 11.3 Å². The molecule has 0 radical (unpaired) electrons. The second kappa shape index (κ2) is 5.10. The predicted molar refractivity (Wildman–Crippen MR) is 82.1 cm³/mol. The van der Waals surface area contributed by atoms with Crippen LogP contribution in [-0.2, 0) is 0 Å². The molecule has 6 heteroatoms. The molecule has 0 saturated heterocycles. The number of hydrogen-bond donors (Lipinski definition) is 3. The molecule has 1 heterocycles. The van der Waals surface area contributed by atoms with Crippen LogP contribution in [0.25, 0.3) is 10.9 Å². The minimum atomic E-state index is -0.545. The summed E-state index contributed by atoms with van der Waals surface area (Å²) in [6.07, 6.45) is 1.56. The van der Waals surface area contributed by atoms with Crippen LogP contribution >= 0.6 is 11.6 Å². The first-order valence-corrected chi connectivity index (χ1v) is 6.55. The first-order chi connectivity index (χ1) is 10.0. The van der Waals surface area contributed by atoms with Crippen molar-refractivity contribution in [2.75, 3.05) is 11.1 Å². The Morgan fingerprint density at radius 1 is 1.24 bits per heavy atom. The standard InChI is InChI=1S/C15H11ClFN3O/c16-8-1-4-12(17)14(5-8)20-15(21)11-7-19-13-6-9(18)2-3-10(11)13/h1-7,19H,18H2,(H,20,21). The van der Waals surface area contributed by atoms with Crippen LogP contribution in [0.1, 0.15) is 10.4 Å². The van der Waals surface area contributed by atoms with E-state index in [1.165, 1.54) is 18.2 Å². The lowest BCUT2D eigenvalue weighted by Crippen LogP contribution is -2.12. The number of nitrogens with one attached hydrogen (secondary N) is 2. The fourth-order valence-electron chi connectivity index (χ4n) is 2.11. The molecular weight excluding hydrogens is 293 g/mol. The topological polar surface area (TPSA) is 70.9 Å². The number of fused-ring (bicyclic) bond motifs is 1. The molecule has 0 saturated carbocycles. The number of H-pyrrole nitrogens is 1. The number of aromatic amines is 1. The van der Waals surface area contributed by atoms with Gasteiger partial charge in [-0.1, -0.05) is 11.6 Å². The Bertz CT molecular complexity index is 844. The molecule has 0 unspecified atom stereocenters. The Kier molecular flexibility index (Phi) is 3.27. The highest BCUT2D eigenvalue weighted by Gasteiger charge is 2.14. The minimum absolute atomic E-state index is 0.0392. The number of carbonyl (C=O) groups excluding carboxylic acids is 1. The molecule has 0 bridgehead atoms. The number of aromatic nitrogens is 1. The van der Waals surface area contributed by atoms with Crippen LogP contribution in [0.4, 0.5) is 15.8 Å². The van der Waals surface area contributed by atoms with E-state index in [1.54, 1.807) is 24.4 Å². The van der Waals surface area contributed by atoms with Crippen molar-refractivity contribution in [3.8, 4) is 0 Å². The Morgan fingerprint density at radius 3 is 2.86 bits per heavy atom. The molecule has 0 aliphatic heterocycles. The van der Waals surface area contributed by atoms with E-state index in [0.717, 1.165) is 5.52 Å². The van der Waals surface area contributed by atoms with E-state index >= 15 is 0 Å². The third-order valence-electron chi connectivity index (χ3n) is 3.13. The van der Waals surface area contributed by atoms with Crippen LogP contribution in [0.5, 0.6) is 0 Å². The molecule has 0 fully saturated rings. The van der Waals surface area contributed by atoms with Gasteiger partial charge in [0.25, 0.3) is 5.91 Å². The summed E-state index contributed by atoms with van der Waals surface area (Å²) in [5, 5.41) is 3.57. The zero-order valence-corrected chi connectivity index (χ0v) is 11.5. The molecule has 2 aromatic carbocycles. The highest BCUT2D eigenvalue weighted by atomic mass is 35.5. The van der Waals surface area contributed by atoms with Gasteiger partial charge in [-0.05, 0) is 36.4 Å². The lowest BCUT2D eigenvalue weighted by Gasteiger charge is -2.06. The zero-order valence-electron chi connectivity index (χ0n) is 10.8. The molecule has 21 heavy (non-hydrogen) atoms. The molecule has 3 aromatic rings. The Morgan fingerprint density at radius 2 is 2.05 bits per heavy atom. The van der Waals surface area contributed by atoms with Gasteiger partial charge in [-0.25, -0.2) is 4.39 Å². The van der Waals surface area contributed by atoms with Gasteiger partial charge in [0, 0.05) is 27.8 Å². The van der Waals surface area contributed by atoms with Crippen molar-refractivity contribution in [1.29, 1.82) is 0 Å². The average Bonchev–Trinajstić information content (AvgIpc) is 2.85. The van der Waals surface area contributed by atoms with Crippen LogP contribution in [-0.4, -0.2) is 10.9 Å². The molecule has 3 rings (SSSR count). The summed E-state index contributed by atoms with van der Waals surface area (Å²) in [6, 6.07) is 9.15. The number of rotatable bonds is 2. The largest absolute Gasteiger partial charge is 0.399 e. The molecule has 106 valence electrons. The summed E-state index contributed by atoms with van der Waals surface area (Å²) < 4.78 is 13.6. The van der Waals surface area contributed by atoms with E-state index in [9.17, 15) is 9.18 Å². The van der Waals surface area contributed by atoms with Gasteiger partial charge < -0.3 is 16.0 Å². The van der Waals surface area contributed by atoms with E-state index < -0.39 is 11.7 Å². The maximum absolute atomic E-state index is 13.6. The lowest BCUT2D eigenvalue weighted by atomic mass is 10.1. The molecule has 1 amide bonds. The summed E-state index contributed by atoms with van der Waals surface area (Å²) in [4.78, 5) is 15.2. The highest BCUT2D eigenvalue weighted by molar-refractivity contribution is 6.31. The molecule has 0 spiro atoms. The van der Waals surface area contributed by atoms with Gasteiger partial charge in [-0.2, -0.15) is 0 Å². The predicted octanol–water partition coefficient (Wildman–Crippen LogP) is 3.79. The van der Waals surface area contributed by atoms with Crippen LogP contribution < -0.4 is 11.1 Å². The molecule has 0 aliphatic rings. The van der Waals surface area contributed by atoms with Crippen LogP contribution in [0.15, 0.2) is 42.6 Å². The van der Waals surface area contributed by atoms with E-state index in [4.69, 9.17) is 17.3 Å². The van der Waals surface area contributed by atoms with Crippen LogP contribution in [0.2, 0.25) is 5.02 Å². The van der Waals surface area contributed by atoms with Crippen molar-refractivity contribution in [2.24, 2.45) is 0 Å². The zero-order chi connectivity index (χ0) is 15.0. The smallest absolute Gasteiger partial charge is 0.257 e. The Hall–Kier alpha value is -2.53. The Balaban J connectivity index is 1.95. The van der Waals surface area contributed by atoms with Crippen molar-refractivity contribution in [2.45, 2.75) is 0 Å². The van der Waals surface area contributed by atoms with Crippen molar-refractivity contribution >= 4 is 39.8 Å². The molecule has 4 nitrogen and oxygen atoms in total. The number of amides is 1. The van der Waals surface area contributed by atoms with Crippen molar-refractivity contribution in [3.05, 3.63) is 59.0 Å². The average molecular weight is 304 g/mol. The Labute approximate surface area is 124 Å². The minimum Gasteiger partial charge on any atom is -0.399 e. The van der Waals surface area contributed by atoms with Gasteiger partial charge in [0.1, 0.15) is 5.82 Å². The van der Waals surface area contributed by atoms with Gasteiger partial charge in [0.2, 0.25) is 0 Å². The van der Waals surface area contributed by atoms with Crippen molar-refractivity contribution in [1.82, 2.24) is 4.98 Å². The second-order valence-electron chi connectivity index (χ2n) is 4.59. The van der Waals surface area contributed by atoms with Crippen LogP contribution in [0.3, 0.4) is 0 Å². The third-order valence-corrected chi connectivity index (χ3v) is 3.36. The van der Waals surface area contributed by atoms with Crippen molar-refractivity contribution < 1.29 is 9.18 Å². The fourth-order valence-corrected chi connectivity index (χ4v) is 2.29. The van der Waals surface area contributed by atoms with Gasteiger partial charge >= 0.3 is 0 Å². The van der Waals surface area contributed by atoms with E-state index in [1.807, 2.05) is 0 Å². The van der Waals surface area contributed by atoms with E-state index in [-0.39, 0.29) is 5.69 Å². The number of carbonyl (C=O) groups is 1. The maximum Gasteiger partial charge on any atom is 0.257 e. The molecule has 0 aliphatic carbocycles. The van der Waals surface area contributed by atoms with E-state index in [2.05, 4.69) is 10.3 Å².